The van der Waals surface area contributed by atoms with E-state index in [0.717, 1.165) is 18.4 Å². The van der Waals surface area contributed by atoms with Crippen molar-refractivity contribution in [3.8, 4) is 5.75 Å². The smallest absolute Gasteiger partial charge is 0.273 e. The summed E-state index contributed by atoms with van der Waals surface area (Å²) in [6, 6.07) is 11.1. The molecule has 2 rings (SSSR count). The Balaban J connectivity index is 2.41. The summed E-state index contributed by atoms with van der Waals surface area (Å²) in [5.41, 5.74) is 4.21. The standard InChI is InChI=1S/C23H33N3O5/c1-5-6-16-31-22-19(27)14-15-26(21(22)23(28)24-2)25-18(12-13-20(29-3)30-4)17-10-8-7-9-11-17/h7-11,14-15,18,20,25H,5-6,12-13,16H2,1-4H3,(H,24,28). The molecule has 0 bridgehead atoms. The van der Waals surface area contributed by atoms with Crippen LogP contribution in [0, 0.1) is 0 Å². The van der Waals surface area contributed by atoms with Crippen LogP contribution in [0.3, 0.4) is 0 Å². The van der Waals surface area contributed by atoms with E-state index in [2.05, 4.69) is 10.7 Å². The molecule has 8 nitrogen and oxygen atoms in total. The molecule has 2 N–H and O–H groups in total. The molecule has 2 aromatic rings. The number of amides is 1. The highest BCUT2D eigenvalue weighted by molar-refractivity contribution is 5.95. The minimum absolute atomic E-state index is 0.0428. The van der Waals surface area contributed by atoms with Gasteiger partial charge in [-0.3, -0.25) is 14.3 Å². The van der Waals surface area contributed by atoms with Crippen molar-refractivity contribution in [2.45, 2.75) is 44.9 Å². The molecular formula is C23H33N3O5. The van der Waals surface area contributed by atoms with Gasteiger partial charge in [-0.05, 0) is 18.4 Å². The third kappa shape index (κ3) is 6.83. The lowest BCUT2D eigenvalue weighted by Crippen LogP contribution is -2.33. The first kappa shape index (κ1) is 24.4. The molecular weight excluding hydrogens is 398 g/mol. The lowest BCUT2D eigenvalue weighted by molar-refractivity contribution is -0.107. The van der Waals surface area contributed by atoms with Crippen molar-refractivity contribution < 1.29 is 19.0 Å². The number of rotatable bonds is 13. The molecule has 0 spiro atoms. The minimum Gasteiger partial charge on any atom is -0.487 e. The molecule has 1 amide bonds. The van der Waals surface area contributed by atoms with Crippen LogP contribution in [-0.4, -0.2) is 44.7 Å². The first-order valence-corrected chi connectivity index (χ1v) is 10.5. The van der Waals surface area contributed by atoms with Gasteiger partial charge in [-0.15, -0.1) is 0 Å². The van der Waals surface area contributed by atoms with E-state index in [1.54, 1.807) is 25.1 Å². The van der Waals surface area contributed by atoms with Crippen LogP contribution in [0.4, 0.5) is 0 Å². The Morgan fingerprint density at radius 3 is 2.42 bits per heavy atom. The number of carbonyl (C=O) groups is 1. The molecule has 31 heavy (non-hydrogen) atoms. The predicted molar refractivity (Wildman–Crippen MR) is 120 cm³/mol. The summed E-state index contributed by atoms with van der Waals surface area (Å²) in [6.45, 7) is 2.40. The van der Waals surface area contributed by atoms with Crippen molar-refractivity contribution in [3.63, 3.8) is 0 Å². The zero-order valence-corrected chi connectivity index (χ0v) is 18.7. The number of pyridine rings is 1. The molecule has 0 fully saturated rings. The maximum atomic E-state index is 12.7. The van der Waals surface area contributed by atoms with E-state index in [-0.39, 0.29) is 29.2 Å². The lowest BCUT2D eigenvalue weighted by Gasteiger charge is -2.26. The fourth-order valence-corrected chi connectivity index (χ4v) is 3.21. The minimum atomic E-state index is -0.407. The van der Waals surface area contributed by atoms with E-state index >= 15 is 0 Å². The van der Waals surface area contributed by atoms with Gasteiger partial charge in [0.2, 0.25) is 5.43 Å². The Morgan fingerprint density at radius 1 is 1.10 bits per heavy atom. The Hall–Kier alpha value is -2.84. The lowest BCUT2D eigenvalue weighted by atomic mass is 10.0. The van der Waals surface area contributed by atoms with Crippen LogP contribution in [0.15, 0.2) is 47.4 Å². The van der Waals surface area contributed by atoms with Crippen molar-refractivity contribution in [2.75, 3.05) is 33.3 Å². The fraction of sp³-hybridized carbons (Fsp3) is 0.478. The van der Waals surface area contributed by atoms with E-state index in [4.69, 9.17) is 14.2 Å². The van der Waals surface area contributed by atoms with Gasteiger partial charge in [0.15, 0.2) is 17.7 Å². The second kappa shape index (κ2) is 12.8. The maximum absolute atomic E-state index is 12.7. The molecule has 0 aliphatic carbocycles. The molecule has 0 aliphatic heterocycles. The number of hydrogen-bond acceptors (Lipinski definition) is 6. The van der Waals surface area contributed by atoms with Crippen LogP contribution in [0.2, 0.25) is 0 Å². The maximum Gasteiger partial charge on any atom is 0.273 e. The first-order valence-electron chi connectivity index (χ1n) is 10.5. The number of unbranched alkanes of at least 4 members (excludes halogenated alkanes) is 1. The molecule has 1 aromatic heterocycles. The van der Waals surface area contributed by atoms with Gasteiger partial charge in [0, 0.05) is 40.0 Å². The number of aromatic nitrogens is 1. The highest BCUT2D eigenvalue weighted by Gasteiger charge is 2.22. The number of benzene rings is 1. The average molecular weight is 432 g/mol. The van der Waals surface area contributed by atoms with Gasteiger partial charge in [-0.1, -0.05) is 43.7 Å². The van der Waals surface area contributed by atoms with Gasteiger partial charge in [0.05, 0.1) is 12.6 Å². The Labute approximate surface area is 183 Å². The summed E-state index contributed by atoms with van der Waals surface area (Å²) in [6.07, 6.45) is 4.23. The zero-order valence-electron chi connectivity index (χ0n) is 18.7. The van der Waals surface area contributed by atoms with E-state index in [1.165, 1.54) is 13.1 Å². The van der Waals surface area contributed by atoms with E-state index in [1.807, 2.05) is 37.3 Å². The number of carbonyl (C=O) groups excluding carboxylic acids is 1. The van der Waals surface area contributed by atoms with Gasteiger partial charge in [0.25, 0.3) is 5.91 Å². The van der Waals surface area contributed by atoms with E-state index in [0.29, 0.717) is 19.4 Å². The summed E-state index contributed by atoms with van der Waals surface area (Å²) in [4.78, 5) is 25.2. The number of nitrogens with one attached hydrogen (secondary N) is 2. The summed E-state index contributed by atoms with van der Waals surface area (Å²) in [5.74, 6) is -0.364. The topological polar surface area (TPSA) is 90.8 Å². The molecule has 1 atom stereocenters. The van der Waals surface area contributed by atoms with E-state index < -0.39 is 5.91 Å². The van der Waals surface area contributed by atoms with Crippen LogP contribution >= 0.6 is 0 Å². The van der Waals surface area contributed by atoms with Crippen LogP contribution in [0.5, 0.6) is 5.75 Å². The Morgan fingerprint density at radius 2 is 1.81 bits per heavy atom. The average Bonchev–Trinajstić information content (AvgIpc) is 2.80. The molecule has 0 radical (unpaired) electrons. The first-order chi connectivity index (χ1) is 15.0. The third-order valence-electron chi connectivity index (χ3n) is 4.95. The molecule has 0 saturated carbocycles. The number of methoxy groups -OCH3 is 2. The normalized spacial score (nSPS) is 11.9. The van der Waals surface area contributed by atoms with Crippen LogP contribution in [0.1, 0.15) is 54.7 Å². The van der Waals surface area contributed by atoms with Crippen molar-refractivity contribution in [1.82, 2.24) is 9.99 Å². The zero-order chi connectivity index (χ0) is 22.6. The van der Waals surface area contributed by atoms with Gasteiger partial charge < -0.3 is 25.0 Å². The summed E-state index contributed by atoms with van der Waals surface area (Å²) in [5, 5.41) is 2.60. The largest absolute Gasteiger partial charge is 0.487 e. The summed E-state index contributed by atoms with van der Waals surface area (Å²) >= 11 is 0. The molecule has 8 heteroatoms. The molecule has 1 aromatic carbocycles. The quantitative estimate of drug-likeness (QED) is 0.374. The Kier molecular flexibility index (Phi) is 10.1. The highest BCUT2D eigenvalue weighted by atomic mass is 16.7. The molecule has 1 unspecified atom stereocenters. The Bertz CT molecular complexity index is 865. The van der Waals surface area contributed by atoms with Crippen molar-refractivity contribution in [2.24, 2.45) is 0 Å². The van der Waals surface area contributed by atoms with Crippen LogP contribution in [0.25, 0.3) is 0 Å². The van der Waals surface area contributed by atoms with Gasteiger partial charge >= 0.3 is 0 Å². The van der Waals surface area contributed by atoms with Gasteiger partial charge in [-0.2, -0.15) is 0 Å². The molecule has 0 saturated heterocycles. The second-order valence-corrected chi connectivity index (χ2v) is 7.08. The summed E-state index contributed by atoms with van der Waals surface area (Å²) in [7, 11) is 4.73. The van der Waals surface area contributed by atoms with Gasteiger partial charge in [-0.25, -0.2) is 0 Å². The number of nitrogens with zero attached hydrogens (tertiary/aromatic N) is 1. The third-order valence-corrected chi connectivity index (χ3v) is 4.95. The van der Waals surface area contributed by atoms with Crippen LogP contribution < -0.4 is 20.9 Å². The van der Waals surface area contributed by atoms with Crippen molar-refractivity contribution in [1.29, 1.82) is 0 Å². The molecule has 0 aliphatic rings. The number of ether oxygens (including phenoxy) is 3. The number of hydrogen-bond donors (Lipinski definition) is 2. The molecule has 170 valence electrons. The monoisotopic (exact) mass is 431 g/mol. The van der Waals surface area contributed by atoms with Gasteiger partial charge in [0.1, 0.15) is 0 Å². The van der Waals surface area contributed by atoms with Crippen molar-refractivity contribution >= 4 is 5.91 Å². The van der Waals surface area contributed by atoms with Crippen LogP contribution in [-0.2, 0) is 9.47 Å². The van der Waals surface area contributed by atoms with E-state index in [9.17, 15) is 9.59 Å². The SMILES string of the molecule is CCCCOc1c(C(=O)NC)n(NC(CCC(OC)OC)c2ccccc2)ccc1=O. The summed E-state index contributed by atoms with van der Waals surface area (Å²) < 4.78 is 17.9. The second-order valence-electron chi connectivity index (χ2n) is 7.08. The highest BCUT2D eigenvalue weighted by Crippen LogP contribution is 2.23. The predicted octanol–water partition coefficient (Wildman–Crippen LogP) is 3.07. The van der Waals surface area contributed by atoms with Crippen molar-refractivity contribution in [3.05, 3.63) is 64.1 Å². The fourth-order valence-electron chi connectivity index (χ4n) is 3.21. The molecule has 1 heterocycles.